The van der Waals surface area contributed by atoms with Crippen LogP contribution >= 0.6 is 0 Å². The Hall–Kier alpha value is -0.420. The van der Waals surface area contributed by atoms with Gasteiger partial charge in [-0.05, 0) is 0 Å². The number of carbonyl (C=O) groups excluding carboxylic acids is 1. The Morgan fingerprint density at radius 1 is 1.50 bits per heavy atom. The van der Waals surface area contributed by atoms with Crippen molar-refractivity contribution in [1.29, 1.82) is 0 Å². The van der Waals surface area contributed by atoms with Crippen molar-refractivity contribution in [2.75, 3.05) is 0 Å². The summed E-state index contributed by atoms with van der Waals surface area (Å²) in [6.07, 6.45) is 0. The molecular weight excluding hydrogens is 154 g/mol. The van der Waals surface area contributed by atoms with E-state index in [4.69, 9.17) is 4.55 Å². The summed E-state index contributed by atoms with van der Waals surface area (Å²) in [6.45, 7) is 4.99. The molecule has 1 amide bonds. The van der Waals surface area contributed by atoms with Crippen LogP contribution < -0.4 is 4.72 Å². The van der Waals surface area contributed by atoms with Crippen LogP contribution in [0.5, 0.6) is 0 Å². The van der Waals surface area contributed by atoms with Gasteiger partial charge in [-0.1, -0.05) is 20.8 Å². The van der Waals surface area contributed by atoms with E-state index in [1.54, 1.807) is 20.8 Å². The quantitative estimate of drug-likeness (QED) is 0.549. The third-order valence-electron chi connectivity index (χ3n) is 0.861. The number of nitrogens with one attached hydrogen (secondary N) is 1. The van der Waals surface area contributed by atoms with Crippen LogP contribution in [-0.2, 0) is 16.1 Å². The summed E-state index contributed by atoms with van der Waals surface area (Å²) in [7, 11) is 0. The first-order valence-corrected chi connectivity index (χ1v) is 3.86. The summed E-state index contributed by atoms with van der Waals surface area (Å²) >= 11 is -2.24. The fourth-order valence-electron chi connectivity index (χ4n) is 0.232. The van der Waals surface area contributed by atoms with Crippen LogP contribution in [0.1, 0.15) is 20.8 Å². The molecule has 0 rings (SSSR count). The predicted molar refractivity (Wildman–Crippen MR) is 38.4 cm³/mol. The highest BCUT2D eigenvalue weighted by Crippen LogP contribution is 2.12. The van der Waals surface area contributed by atoms with Crippen molar-refractivity contribution in [1.82, 2.24) is 4.72 Å². The maximum atomic E-state index is 10.8. The molecule has 2 N–H and O–H groups in total. The molecule has 0 spiro atoms. The standard InChI is InChI=1S/C5H11NO3S/c1-5(2,3)4(7)6-10(8)9/h1-3H3,(H,6,7)(H,8,9). The number of carbonyl (C=O) groups is 1. The summed E-state index contributed by atoms with van der Waals surface area (Å²) in [6, 6.07) is 0. The van der Waals surface area contributed by atoms with E-state index < -0.39 is 22.6 Å². The van der Waals surface area contributed by atoms with Crippen molar-refractivity contribution in [2.24, 2.45) is 5.41 Å². The zero-order valence-electron chi connectivity index (χ0n) is 6.17. The summed E-state index contributed by atoms with van der Waals surface area (Å²) < 4.78 is 20.1. The Labute approximate surface area is 62.4 Å². The lowest BCUT2D eigenvalue weighted by atomic mass is 9.96. The van der Waals surface area contributed by atoms with Gasteiger partial charge in [0, 0.05) is 5.41 Å². The minimum atomic E-state index is -2.24. The van der Waals surface area contributed by atoms with Crippen molar-refractivity contribution < 1.29 is 13.6 Å². The highest BCUT2D eigenvalue weighted by molar-refractivity contribution is 7.77. The smallest absolute Gasteiger partial charge is 0.261 e. The second-order valence-corrected chi connectivity index (χ2v) is 3.63. The monoisotopic (exact) mass is 165 g/mol. The third kappa shape index (κ3) is 3.58. The number of rotatable bonds is 1. The maximum Gasteiger partial charge on any atom is 0.261 e. The van der Waals surface area contributed by atoms with Crippen LogP contribution in [0, 0.1) is 5.41 Å². The molecular formula is C5H11NO3S. The van der Waals surface area contributed by atoms with Gasteiger partial charge in [-0.3, -0.25) is 14.1 Å². The van der Waals surface area contributed by atoms with Gasteiger partial charge in [0.2, 0.25) is 5.91 Å². The zero-order valence-corrected chi connectivity index (χ0v) is 6.99. The SMILES string of the molecule is CC(C)(C)C(=O)NS(=O)O. The van der Waals surface area contributed by atoms with E-state index >= 15 is 0 Å². The minimum Gasteiger partial charge on any atom is -0.289 e. The molecule has 5 heteroatoms. The molecule has 0 aromatic carbocycles. The molecule has 4 nitrogen and oxygen atoms in total. The Morgan fingerprint density at radius 3 is 2.00 bits per heavy atom. The second kappa shape index (κ2) is 3.12. The van der Waals surface area contributed by atoms with E-state index in [1.165, 1.54) is 0 Å². The summed E-state index contributed by atoms with van der Waals surface area (Å²) in [5, 5.41) is 0. The summed E-state index contributed by atoms with van der Waals surface area (Å²) in [5.41, 5.74) is -0.613. The van der Waals surface area contributed by atoms with Gasteiger partial charge < -0.3 is 0 Å². The van der Waals surface area contributed by atoms with Gasteiger partial charge >= 0.3 is 0 Å². The Bertz CT molecular complexity index is 161. The average molecular weight is 165 g/mol. The number of hydrogen-bond acceptors (Lipinski definition) is 2. The molecule has 0 radical (unpaired) electrons. The molecule has 0 saturated heterocycles. The van der Waals surface area contributed by atoms with Crippen molar-refractivity contribution in [2.45, 2.75) is 20.8 Å². The van der Waals surface area contributed by atoms with E-state index in [1.807, 2.05) is 4.72 Å². The Kier molecular flexibility index (Phi) is 2.98. The molecule has 10 heavy (non-hydrogen) atoms. The minimum absolute atomic E-state index is 0.437. The van der Waals surface area contributed by atoms with Crippen LogP contribution in [0.2, 0.25) is 0 Å². The highest BCUT2D eigenvalue weighted by atomic mass is 32.2. The first kappa shape index (κ1) is 9.58. The van der Waals surface area contributed by atoms with Crippen LogP contribution in [0.25, 0.3) is 0 Å². The maximum absolute atomic E-state index is 10.8. The van der Waals surface area contributed by atoms with Gasteiger partial charge in [0.25, 0.3) is 11.3 Å². The predicted octanol–water partition coefficient (Wildman–Crippen LogP) is 0.285. The van der Waals surface area contributed by atoms with Crippen LogP contribution in [0.3, 0.4) is 0 Å². The first-order valence-electron chi connectivity index (χ1n) is 2.76. The molecule has 0 saturated carbocycles. The molecule has 1 atom stereocenters. The number of hydrogen-bond donors (Lipinski definition) is 2. The van der Waals surface area contributed by atoms with E-state index in [-0.39, 0.29) is 0 Å². The van der Waals surface area contributed by atoms with Crippen molar-refractivity contribution in [3.8, 4) is 0 Å². The lowest BCUT2D eigenvalue weighted by Crippen LogP contribution is -2.35. The zero-order chi connectivity index (χ0) is 8.36. The average Bonchev–Trinajstić information content (AvgIpc) is 1.60. The Morgan fingerprint density at radius 2 is 1.90 bits per heavy atom. The molecule has 0 aliphatic rings. The molecule has 0 heterocycles. The van der Waals surface area contributed by atoms with Gasteiger partial charge in [-0.2, -0.15) is 0 Å². The molecule has 0 aliphatic heterocycles. The molecule has 0 aromatic rings. The van der Waals surface area contributed by atoms with Gasteiger partial charge in [-0.25, -0.2) is 4.21 Å². The third-order valence-corrected chi connectivity index (χ3v) is 1.22. The lowest BCUT2D eigenvalue weighted by Gasteiger charge is -2.14. The first-order chi connectivity index (χ1) is 4.34. The summed E-state index contributed by atoms with van der Waals surface area (Å²) in [5.74, 6) is -0.437. The van der Waals surface area contributed by atoms with E-state index in [0.29, 0.717) is 0 Å². The number of amides is 1. The van der Waals surface area contributed by atoms with Crippen molar-refractivity contribution in [3.63, 3.8) is 0 Å². The van der Waals surface area contributed by atoms with E-state index in [2.05, 4.69) is 0 Å². The fraction of sp³-hybridized carbons (Fsp3) is 0.800. The Balaban J connectivity index is 3.99. The largest absolute Gasteiger partial charge is 0.289 e. The van der Waals surface area contributed by atoms with Crippen LogP contribution in [0.15, 0.2) is 0 Å². The van der Waals surface area contributed by atoms with Gasteiger partial charge in [-0.15, -0.1) is 0 Å². The lowest BCUT2D eigenvalue weighted by molar-refractivity contribution is -0.126. The van der Waals surface area contributed by atoms with Gasteiger partial charge in [0.05, 0.1) is 0 Å². The van der Waals surface area contributed by atoms with Gasteiger partial charge in [0.1, 0.15) is 0 Å². The van der Waals surface area contributed by atoms with Crippen LogP contribution in [0.4, 0.5) is 0 Å². The molecule has 0 fully saturated rings. The molecule has 0 bridgehead atoms. The fourth-order valence-corrected chi connectivity index (χ4v) is 0.697. The summed E-state index contributed by atoms with van der Waals surface area (Å²) in [4.78, 5) is 10.8. The van der Waals surface area contributed by atoms with Gasteiger partial charge in [0.15, 0.2) is 0 Å². The van der Waals surface area contributed by atoms with E-state index in [0.717, 1.165) is 0 Å². The second-order valence-electron chi connectivity index (χ2n) is 2.93. The molecule has 60 valence electrons. The molecule has 1 unspecified atom stereocenters. The molecule has 0 aromatic heterocycles. The molecule has 0 aliphatic carbocycles. The van der Waals surface area contributed by atoms with Crippen molar-refractivity contribution in [3.05, 3.63) is 0 Å². The topological polar surface area (TPSA) is 66.4 Å². The van der Waals surface area contributed by atoms with Crippen LogP contribution in [-0.4, -0.2) is 14.7 Å². The van der Waals surface area contributed by atoms with Crippen molar-refractivity contribution >= 4 is 17.2 Å². The highest BCUT2D eigenvalue weighted by Gasteiger charge is 2.21. The normalized spacial score (nSPS) is 14.4. The van der Waals surface area contributed by atoms with E-state index in [9.17, 15) is 9.00 Å².